The van der Waals surface area contributed by atoms with E-state index in [9.17, 15) is 22.8 Å². The lowest BCUT2D eigenvalue weighted by molar-refractivity contribution is -0.137. The van der Waals surface area contributed by atoms with Crippen LogP contribution in [0.25, 0.3) is 15.9 Å². The molecule has 0 saturated carbocycles. The molecule has 1 N–H and O–H groups in total. The van der Waals surface area contributed by atoms with Gasteiger partial charge in [0.15, 0.2) is 5.16 Å². The minimum absolute atomic E-state index is 0.0618. The molecule has 158 valence electrons. The number of para-hydroxylation sites is 1. The van der Waals surface area contributed by atoms with Crippen LogP contribution in [0, 0.1) is 0 Å². The third-order valence-corrected chi connectivity index (χ3v) is 7.14. The van der Waals surface area contributed by atoms with Gasteiger partial charge in [0.05, 0.1) is 22.4 Å². The molecule has 2 aromatic heterocycles. The molecule has 0 radical (unpaired) electrons. The van der Waals surface area contributed by atoms with Crippen LogP contribution in [0.1, 0.15) is 28.8 Å². The van der Waals surface area contributed by atoms with Crippen LogP contribution in [-0.2, 0) is 23.8 Å². The van der Waals surface area contributed by atoms with E-state index in [1.165, 1.54) is 36.6 Å². The molecule has 10 heteroatoms. The van der Waals surface area contributed by atoms with Gasteiger partial charge in [-0.25, -0.2) is 4.98 Å². The summed E-state index contributed by atoms with van der Waals surface area (Å²) in [6.45, 7) is 0. The van der Waals surface area contributed by atoms with Crippen molar-refractivity contribution in [3.05, 3.63) is 50.6 Å². The van der Waals surface area contributed by atoms with Gasteiger partial charge in [0.2, 0.25) is 5.91 Å². The van der Waals surface area contributed by atoms with Crippen molar-refractivity contribution in [2.75, 3.05) is 12.8 Å². The van der Waals surface area contributed by atoms with Crippen LogP contribution < -0.4 is 10.9 Å². The third kappa shape index (κ3) is 3.74. The van der Waals surface area contributed by atoms with Gasteiger partial charge in [0.25, 0.3) is 5.56 Å². The standard InChI is InChI=1S/C20H18F3N3O2S2/c1-24-15(27)10-29-19-25-17-16(11-6-2-5-9-14(11)30-17)18(28)26(19)13-8-4-3-7-12(13)20(21,22)23/h3-4,7-8H,2,5-6,9-10H2,1H3,(H,24,27). The van der Waals surface area contributed by atoms with Crippen molar-refractivity contribution < 1.29 is 18.0 Å². The zero-order chi connectivity index (χ0) is 21.5. The van der Waals surface area contributed by atoms with E-state index in [4.69, 9.17) is 0 Å². The van der Waals surface area contributed by atoms with Crippen LogP contribution in [0.15, 0.2) is 34.2 Å². The van der Waals surface area contributed by atoms with E-state index in [2.05, 4.69) is 10.3 Å². The Balaban J connectivity index is 2.00. The lowest BCUT2D eigenvalue weighted by Gasteiger charge is -2.17. The zero-order valence-corrected chi connectivity index (χ0v) is 17.6. The summed E-state index contributed by atoms with van der Waals surface area (Å²) >= 11 is 2.37. The second kappa shape index (κ2) is 8.07. The fraction of sp³-hybridized carbons (Fsp3) is 0.350. The number of alkyl halides is 3. The maximum absolute atomic E-state index is 13.7. The quantitative estimate of drug-likeness (QED) is 0.476. The molecule has 1 aliphatic carbocycles. The number of fused-ring (bicyclic) bond motifs is 3. The van der Waals surface area contributed by atoms with Gasteiger partial charge in [-0.2, -0.15) is 13.2 Å². The highest BCUT2D eigenvalue weighted by Crippen LogP contribution is 2.37. The van der Waals surface area contributed by atoms with Crippen LogP contribution in [0.3, 0.4) is 0 Å². The number of thioether (sulfide) groups is 1. The van der Waals surface area contributed by atoms with E-state index in [0.717, 1.165) is 58.5 Å². The molecule has 1 amide bonds. The highest BCUT2D eigenvalue weighted by Gasteiger charge is 2.35. The number of amides is 1. The molecule has 0 saturated heterocycles. The van der Waals surface area contributed by atoms with E-state index >= 15 is 0 Å². The highest BCUT2D eigenvalue weighted by molar-refractivity contribution is 7.99. The number of halogens is 3. The number of thiophene rings is 1. The van der Waals surface area contributed by atoms with E-state index in [0.29, 0.717) is 10.2 Å². The highest BCUT2D eigenvalue weighted by atomic mass is 32.2. The molecule has 5 nitrogen and oxygen atoms in total. The average Bonchev–Trinajstić information content (AvgIpc) is 3.10. The summed E-state index contributed by atoms with van der Waals surface area (Å²) in [6, 6.07) is 4.95. The summed E-state index contributed by atoms with van der Waals surface area (Å²) in [5.74, 6) is -0.372. The largest absolute Gasteiger partial charge is 0.418 e. The maximum atomic E-state index is 13.7. The van der Waals surface area contributed by atoms with E-state index < -0.39 is 17.3 Å². The van der Waals surface area contributed by atoms with Crippen LogP contribution in [0.5, 0.6) is 0 Å². The Kier molecular flexibility index (Phi) is 5.63. The maximum Gasteiger partial charge on any atom is 0.418 e. The smallest absolute Gasteiger partial charge is 0.358 e. The summed E-state index contributed by atoms with van der Waals surface area (Å²) in [5.41, 5.74) is -0.811. The average molecular weight is 454 g/mol. The normalized spacial score (nSPS) is 14.0. The number of hydrogen-bond acceptors (Lipinski definition) is 5. The van der Waals surface area contributed by atoms with Gasteiger partial charge in [-0.3, -0.25) is 14.2 Å². The monoisotopic (exact) mass is 453 g/mol. The zero-order valence-electron chi connectivity index (χ0n) is 16.0. The first-order chi connectivity index (χ1) is 14.3. The molecular formula is C20H18F3N3O2S2. The fourth-order valence-corrected chi connectivity index (χ4v) is 5.79. The molecular weight excluding hydrogens is 435 g/mol. The van der Waals surface area contributed by atoms with Crippen molar-refractivity contribution in [1.29, 1.82) is 0 Å². The van der Waals surface area contributed by atoms with Crippen LogP contribution in [0.4, 0.5) is 13.2 Å². The van der Waals surface area contributed by atoms with Crippen molar-refractivity contribution in [3.8, 4) is 5.69 Å². The predicted octanol–water partition coefficient (Wildman–Crippen LogP) is 4.18. The molecule has 1 aromatic carbocycles. The van der Waals surface area contributed by atoms with Crippen LogP contribution in [-0.4, -0.2) is 28.3 Å². The van der Waals surface area contributed by atoms with Crippen molar-refractivity contribution in [3.63, 3.8) is 0 Å². The summed E-state index contributed by atoms with van der Waals surface area (Å²) in [7, 11) is 1.47. The molecule has 4 rings (SSSR count). The molecule has 0 atom stereocenters. The number of nitrogens with zero attached hydrogens (tertiary/aromatic N) is 2. The summed E-state index contributed by atoms with van der Waals surface area (Å²) in [6.07, 6.45) is -1.12. The minimum atomic E-state index is -4.64. The lowest BCUT2D eigenvalue weighted by atomic mass is 9.97. The molecule has 0 spiro atoms. The molecule has 1 aliphatic rings. The fourth-order valence-electron chi connectivity index (χ4n) is 3.61. The molecule has 0 aliphatic heterocycles. The third-order valence-electron chi connectivity index (χ3n) is 5.02. The van der Waals surface area contributed by atoms with Gasteiger partial charge in [0.1, 0.15) is 4.83 Å². The molecule has 30 heavy (non-hydrogen) atoms. The number of rotatable bonds is 4. The van der Waals surface area contributed by atoms with Crippen molar-refractivity contribution in [2.45, 2.75) is 37.0 Å². The molecule has 0 unspecified atom stereocenters. The Hall–Kier alpha value is -2.33. The molecule has 3 aromatic rings. The molecule has 0 fully saturated rings. The van der Waals surface area contributed by atoms with Gasteiger partial charge >= 0.3 is 6.18 Å². The Bertz CT molecular complexity index is 1180. The van der Waals surface area contributed by atoms with Crippen molar-refractivity contribution in [1.82, 2.24) is 14.9 Å². The number of nitrogens with one attached hydrogen (secondary N) is 1. The topological polar surface area (TPSA) is 64.0 Å². The SMILES string of the molecule is CNC(=O)CSc1nc2sc3c(c2c(=O)n1-c1ccccc1C(F)(F)F)CCCC3. The number of aromatic nitrogens is 2. The van der Waals surface area contributed by atoms with Crippen LogP contribution in [0.2, 0.25) is 0 Å². The second-order valence-corrected chi connectivity index (χ2v) is 8.93. The number of hydrogen-bond donors (Lipinski definition) is 1. The van der Waals surface area contributed by atoms with Gasteiger partial charge in [-0.05, 0) is 43.4 Å². The Morgan fingerprint density at radius 2 is 2.00 bits per heavy atom. The Labute approximate surface area is 178 Å². The first-order valence-electron chi connectivity index (χ1n) is 9.38. The van der Waals surface area contributed by atoms with Gasteiger partial charge < -0.3 is 5.32 Å². The summed E-state index contributed by atoms with van der Waals surface area (Å²) < 4.78 is 42.1. The van der Waals surface area contributed by atoms with Crippen molar-refractivity contribution in [2.24, 2.45) is 0 Å². The van der Waals surface area contributed by atoms with Crippen LogP contribution >= 0.6 is 23.1 Å². The number of carbonyl (C=O) groups excluding carboxylic acids is 1. The summed E-state index contributed by atoms with van der Waals surface area (Å²) in [4.78, 5) is 31.4. The molecule has 2 heterocycles. The van der Waals surface area contributed by atoms with E-state index in [-0.39, 0.29) is 22.5 Å². The molecule has 0 bridgehead atoms. The Morgan fingerprint density at radius 3 is 2.73 bits per heavy atom. The first-order valence-corrected chi connectivity index (χ1v) is 11.2. The second-order valence-electron chi connectivity index (χ2n) is 6.90. The predicted molar refractivity (Wildman–Crippen MR) is 112 cm³/mol. The van der Waals surface area contributed by atoms with Gasteiger partial charge in [-0.15, -0.1) is 11.3 Å². The van der Waals surface area contributed by atoms with Gasteiger partial charge in [0, 0.05) is 11.9 Å². The number of carbonyl (C=O) groups is 1. The van der Waals surface area contributed by atoms with Crippen molar-refractivity contribution >= 4 is 39.2 Å². The number of benzene rings is 1. The summed E-state index contributed by atoms with van der Waals surface area (Å²) in [5, 5.41) is 2.94. The number of aryl methyl sites for hydroxylation is 2. The first kappa shape index (κ1) is 20.9. The van der Waals surface area contributed by atoms with E-state index in [1.807, 2.05) is 0 Å². The van der Waals surface area contributed by atoms with Gasteiger partial charge in [-0.1, -0.05) is 23.9 Å². The van der Waals surface area contributed by atoms with E-state index in [1.54, 1.807) is 0 Å². The minimum Gasteiger partial charge on any atom is -0.358 e. The lowest BCUT2D eigenvalue weighted by Crippen LogP contribution is -2.26. The Morgan fingerprint density at radius 1 is 1.27 bits per heavy atom.